The van der Waals surface area contributed by atoms with Crippen molar-refractivity contribution < 1.29 is 25.5 Å². The molecule has 0 amide bonds. The molecule has 0 unspecified atom stereocenters. The maximum absolute atomic E-state index is 10.6. The minimum absolute atomic E-state index is 0.451. The number of aldehydes is 1. The summed E-state index contributed by atoms with van der Waals surface area (Å²) in [4.78, 5) is 10.6. The van der Waals surface area contributed by atoms with Crippen LogP contribution >= 0.6 is 0 Å². The van der Waals surface area contributed by atoms with Gasteiger partial charge < -0.3 is 0 Å². The zero-order chi connectivity index (χ0) is 8.85. The minimum atomic E-state index is -0.630. The molecular formula is C8H9OW-. The Balaban J connectivity index is 4.62. The monoisotopic (exact) mass is 307 g/mol. The third-order valence-electron chi connectivity index (χ3n) is 1.01. The third-order valence-corrected chi connectivity index (χ3v) is 1.92. The zero-order valence-corrected chi connectivity index (χ0v) is 8.90. The Morgan fingerprint density at radius 2 is 2.40 bits per heavy atom. The maximum atomic E-state index is 10.6. The normalized spacial score (nSPS) is 14.4. The van der Waals surface area contributed by atoms with Crippen LogP contribution in [0.1, 0.15) is 15.2 Å². The quantitative estimate of drug-likeness (QED) is 0.332. The van der Waals surface area contributed by atoms with Gasteiger partial charge in [0.2, 0.25) is 0 Å². The Morgan fingerprint density at radius 3 is 2.70 bits per heavy atom. The average Bonchev–Trinajstić information content (AvgIpc) is 1.99. The van der Waals surface area contributed by atoms with Crippen molar-refractivity contribution in [2.75, 3.05) is 0 Å². The molecule has 0 rings (SSSR count). The average molecular weight is 307 g/mol. The summed E-state index contributed by atoms with van der Waals surface area (Å²) >= 11 is 1.18. The topological polar surface area (TPSA) is 17.1 Å². The Bertz CT molecular complexity index is 228. The second-order valence-corrected chi connectivity index (χ2v) is 2.60. The molecule has 0 radical (unpaired) electrons. The summed E-state index contributed by atoms with van der Waals surface area (Å²) in [5.74, 6) is 0. The van der Waals surface area contributed by atoms with Crippen molar-refractivity contribution >= 4 is 10.7 Å². The Labute approximate surface area is 73.6 Å². The number of hydrogen-bond donors (Lipinski definition) is 0. The van der Waals surface area contributed by atoms with Crippen molar-refractivity contribution in [3.63, 3.8) is 0 Å². The molecule has 0 bridgehead atoms. The summed E-state index contributed by atoms with van der Waals surface area (Å²) in [6.07, 6.45) is 3.92. The molecule has 10 heavy (non-hydrogen) atoms. The fourth-order valence-electron chi connectivity index (χ4n) is 0.393. The molecule has 0 spiro atoms. The Hall–Kier alpha value is -0.292. The van der Waals surface area contributed by atoms with Gasteiger partial charge in [0.25, 0.3) is 0 Å². The van der Waals surface area contributed by atoms with E-state index in [1.807, 2.05) is 6.92 Å². The molecule has 0 fully saturated rings. The van der Waals surface area contributed by atoms with Crippen LogP contribution in [0.5, 0.6) is 0 Å². The van der Waals surface area contributed by atoms with Gasteiger partial charge in [-0.1, -0.05) is 0 Å². The summed E-state index contributed by atoms with van der Waals surface area (Å²) < 4.78 is 8.54. The first-order valence-corrected chi connectivity index (χ1v) is 4.50. The van der Waals surface area contributed by atoms with Crippen LogP contribution in [0.3, 0.4) is 0 Å². The molecule has 0 aliphatic heterocycles. The van der Waals surface area contributed by atoms with Crippen molar-refractivity contribution in [1.29, 1.82) is 0 Å². The molecule has 0 atom stereocenters. The van der Waals surface area contributed by atoms with Crippen LogP contribution < -0.4 is 0 Å². The third kappa shape index (κ3) is 3.68. The molecule has 0 aromatic carbocycles. The van der Waals surface area contributed by atoms with E-state index in [9.17, 15) is 4.79 Å². The van der Waals surface area contributed by atoms with Crippen LogP contribution in [-0.4, -0.2) is 10.7 Å². The van der Waals surface area contributed by atoms with Gasteiger partial charge in [0.05, 0.1) is 0 Å². The van der Waals surface area contributed by atoms with E-state index in [2.05, 4.69) is 6.08 Å². The zero-order valence-electron chi connectivity index (χ0n) is 6.97. The Kier molecular flexibility index (Phi) is 4.29. The molecule has 0 N–H and O–H groups in total. The van der Waals surface area contributed by atoms with Gasteiger partial charge in [-0.25, -0.2) is 0 Å². The van der Waals surface area contributed by atoms with Gasteiger partial charge in [0.15, 0.2) is 0 Å². The molecule has 0 saturated heterocycles. The number of allylic oxidation sites excluding steroid dienone is 4. The van der Waals surface area contributed by atoms with Crippen LogP contribution in [0.2, 0.25) is 0 Å². The second-order valence-electron chi connectivity index (χ2n) is 1.75. The molecule has 0 aromatic heterocycles. The van der Waals surface area contributed by atoms with Gasteiger partial charge in [0, 0.05) is 0 Å². The first-order chi connectivity index (χ1) is 5.11. The Morgan fingerprint density at radius 1 is 1.80 bits per heavy atom. The molecule has 0 saturated carbocycles. The van der Waals surface area contributed by atoms with Crippen LogP contribution in [0.15, 0.2) is 17.2 Å². The standard InChI is InChI=1S/C8H9O.W/c1-4-7(2)5-8(3)6-9;/h3,5-6H,1-2H3;/q-1;/i6T;. The van der Waals surface area contributed by atoms with E-state index in [1.165, 1.54) is 19.4 Å². The van der Waals surface area contributed by atoms with E-state index < -0.39 is 6.26 Å². The van der Waals surface area contributed by atoms with Crippen LogP contribution in [0.25, 0.3) is 0 Å². The van der Waals surface area contributed by atoms with E-state index >= 15 is 0 Å². The van der Waals surface area contributed by atoms with Gasteiger partial charge in [-0.15, -0.1) is 0 Å². The summed E-state index contributed by atoms with van der Waals surface area (Å²) in [5, 5.41) is 0. The first-order valence-electron chi connectivity index (χ1n) is 3.31. The molecule has 0 aromatic rings. The molecule has 0 heterocycles. The summed E-state index contributed by atoms with van der Waals surface area (Å²) in [7, 11) is 0. The van der Waals surface area contributed by atoms with Crippen LogP contribution in [0, 0.1) is 6.08 Å². The van der Waals surface area contributed by atoms with E-state index in [4.69, 9.17) is 1.37 Å². The first kappa shape index (κ1) is 7.81. The SMILES string of the molecule is [3H]C(=O)C([CH]=[W])=CC(C)=[C-]C. The van der Waals surface area contributed by atoms with Gasteiger partial charge in [-0.3, -0.25) is 0 Å². The van der Waals surface area contributed by atoms with Crippen molar-refractivity contribution in [2.24, 2.45) is 0 Å². The van der Waals surface area contributed by atoms with Gasteiger partial charge >= 0.3 is 73.3 Å². The van der Waals surface area contributed by atoms with E-state index in [0.29, 0.717) is 5.57 Å². The van der Waals surface area contributed by atoms with Crippen molar-refractivity contribution in [3.05, 3.63) is 23.3 Å². The predicted molar refractivity (Wildman–Crippen MR) is 38.3 cm³/mol. The molecule has 2 heteroatoms. The summed E-state index contributed by atoms with van der Waals surface area (Å²) in [6, 6.07) is 0. The molecule has 1 nitrogen and oxygen atoms in total. The number of hydrogen-bond acceptors (Lipinski definition) is 1. The fraction of sp³-hybridized carbons (Fsp3) is 0.250. The van der Waals surface area contributed by atoms with E-state index in [1.54, 1.807) is 17.4 Å². The van der Waals surface area contributed by atoms with Crippen molar-refractivity contribution in [1.82, 2.24) is 0 Å². The predicted octanol–water partition coefficient (Wildman–Crippen LogP) is 1.23. The summed E-state index contributed by atoms with van der Waals surface area (Å²) in [5.41, 5.74) is 1.34. The van der Waals surface area contributed by atoms with Crippen LogP contribution in [-0.2, 0) is 24.1 Å². The number of carbonyl (C=O) groups excluding carboxylic acids is 1. The molecule has 0 aliphatic rings. The summed E-state index contributed by atoms with van der Waals surface area (Å²) in [6.45, 7) is 3.63. The van der Waals surface area contributed by atoms with Gasteiger partial charge in [0.1, 0.15) is 0 Å². The molecular weight excluding hydrogens is 296 g/mol. The fourth-order valence-corrected chi connectivity index (χ4v) is 0.810. The van der Waals surface area contributed by atoms with Gasteiger partial charge in [-0.2, -0.15) is 0 Å². The van der Waals surface area contributed by atoms with Gasteiger partial charge in [-0.05, 0) is 0 Å². The molecule has 0 aliphatic carbocycles. The second kappa shape index (κ2) is 5.49. The van der Waals surface area contributed by atoms with Crippen molar-refractivity contribution in [2.45, 2.75) is 13.8 Å². The van der Waals surface area contributed by atoms with E-state index in [0.717, 1.165) is 5.57 Å². The number of rotatable bonds is 3. The van der Waals surface area contributed by atoms with Crippen molar-refractivity contribution in [3.8, 4) is 0 Å². The molecule has 54 valence electrons. The van der Waals surface area contributed by atoms with E-state index in [-0.39, 0.29) is 0 Å². The van der Waals surface area contributed by atoms with Crippen LogP contribution in [0.4, 0.5) is 0 Å². The number of carbonyl (C=O) groups is 1.